The van der Waals surface area contributed by atoms with Crippen LogP contribution in [0.15, 0.2) is 16.5 Å². The van der Waals surface area contributed by atoms with Gasteiger partial charge in [0.2, 0.25) is 0 Å². The molecule has 1 saturated carbocycles. The molecule has 0 aliphatic heterocycles. The Kier molecular flexibility index (Phi) is 3.70. The fourth-order valence-electron chi connectivity index (χ4n) is 2.19. The van der Waals surface area contributed by atoms with E-state index in [0.717, 1.165) is 25.7 Å². The van der Waals surface area contributed by atoms with Crippen molar-refractivity contribution in [3.63, 3.8) is 0 Å². The molecular formula is C11H13BrN2O4. The van der Waals surface area contributed by atoms with Crippen molar-refractivity contribution in [1.82, 2.24) is 5.32 Å². The van der Waals surface area contributed by atoms with Crippen molar-refractivity contribution < 1.29 is 14.1 Å². The van der Waals surface area contributed by atoms with Gasteiger partial charge in [0.15, 0.2) is 5.76 Å². The van der Waals surface area contributed by atoms with Crippen molar-refractivity contribution in [1.29, 1.82) is 0 Å². The van der Waals surface area contributed by atoms with Gasteiger partial charge in [-0.2, -0.15) is 0 Å². The minimum atomic E-state index is -0.660. The fraction of sp³-hybridized carbons (Fsp3) is 0.545. The van der Waals surface area contributed by atoms with Gasteiger partial charge in [-0.15, -0.1) is 0 Å². The SMILES string of the molecule is O=C(NC1(CBr)CCCC1)c1ccc([N+](=O)[O-])o1. The highest BCUT2D eigenvalue weighted by Gasteiger charge is 2.35. The molecule has 1 N–H and O–H groups in total. The lowest BCUT2D eigenvalue weighted by Gasteiger charge is -2.27. The average Bonchev–Trinajstić information content (AvgIpc) is 2.98. The predicted molar refractivity (Wildman–Crippen MR) is 67.8 cm³/mol. The van der Waals surface area contributed by atoms with Gasteiger partial charge in [-0.25, -0.2) is 0 Å². The van der Waals surface area contributed by atoms with E-state index >= 15 is 0 Å². The van der Waals surface area contributed by atoms with Crippen LogP contribution in [0.3, 0.4) is 0 Å². The van der Waals surface area contributed by atoms with E-state index < -0.39 is 16.7 Å². The van der Waals surface area contributed by atoms with Gasteiger partial charge in [0.05, 0.1) is 11.6 Å². The average molecular weight is 317 g/mol. The number of hydrogen-bond donors (Lipinski definition) is 1. The lowest BCUT2D eigenvalue weighted by molar-refractivity contribution is -0.402. The van der Waals surface area contributed by atoms with Gasteiger partial charge in [-0.3, -0.25) is 14.9 Å². The minimum absolute atomic E-state index is 0.0195. The maximum Gasteiger partial charge on any atom is 0.433 e. The lowest BCUT2D eigenvalue weighted by Crippen LogP contribution is -2.47. The molecule has 1 heterocycles. The second-order valence-corrected chi connectivity index (χ2v) is 5.03. The van der Waals surface area contributed by atoms with Crippen LogP contribution < -0.4 is 5.32 Å². The number of nitrogens with one attached hydrogen (secondary N) is 1. The van der Waals surface area contributed by atoms with Crippen molar-refractivity contribution in [2.24, 2.45) is 0 Å². The molecule has 1 amide bonds. The molecule has 0 radical (unpaired) electrons. The maximum atomic E-state index is 12.0. The van der Waals surface area contributed by atoms with Gasteiger partial charge in [-0.1, -0.05) is 28.8 Å². The molecule has 0 atom stereocenters. The molecule has 0 unspecified atom stereocenters. The van der Waals surface area contributed by atoms with Crippen LogP contribution in [0.5, 0.6) is 0 Å². The second-order valence-electron chi connectivity index (χ2n) is 4.47. The Hall–Kier alpha value is -1.37. The summed E-state index contributed by atoms with van der Waals surface area (Å²) in [6.45, 7) is 0. The van der Waals surface area contributed by atoms with Crippen molar-refractivity contribution >= 4 is 27.7 Å². The van der Waals surface area contributed by atoms with Crippen LogP contribution in [0.4, 0.5) is 5.88 Å². The molecular weight excluding hydrogens is 304 g/mol. The van der Waals surface area contributed by atoms with E-state index in [1.165, 1.54) is 12.1 Å². The zero-order valence-corrected chi connectivity index (χ0v) is 11.2. The Morgan fingerprint density at radius 2 is 2.17 bits per heavy atom. The van der Waals surface area contributed by atoms with E-state index in [2.05, 4.69) is 21.2 Å². The molecule has 1 aliphatic rings. The molecule has 6 nitrogen and oxygen atoms in total. The first-order valence-electron chi connectivity index (χ1n) is 5.69. The molecule has 98 valence electrons. The molecule has 0 bridgehead atoms. The summed E-state index contributed by atoms with van der Waals surface area (Å²) in [5.41, 5.74) is -0.251. The summed E-state index contributed by atoms with van der Waals surface area (Å²) in [5, 5.41) is 14.1. The van der Waals surface area contributed by atoms with Crippen molar-refractivity contribution in [3.8, 4) is 0 Å². The van der Waals surface area contributed by atoms with Crippen LogP contribution in [0.1, 0.15) is 36.2 Å². The van der Waals surface area contributed by atoms with Gasteiger partial charge in [-0.05, 0) is 18.9 Å². The number of furan rings is 1. The van der Waals surface area contributed by atoms with Gasteiger partial charge < -0.3 is 9.73 Å². The molecule has 1 fully saturated rings. The topological polar surface area (TPSA) is 85.4 Å². The molecule has 7 heteroatoms. The third-order valence-corrected chi connectivity index (χ3v) is 4.26. The quantitative estimate of drug-likeness (QED) is 0.525. The maximum absolute atomic E-state index is 12.0. The lowest BCUT2D eigenvalue weighted by atomic mass is 10.0. The zero-order valence-electron chi connectivity index (χ0n) is 9.65. The van der Waals surface area contributed by atoms with E-state index in [1.54, 1.807) is 0 Å². The largest absolute Gasteiger partial charge is 0.433 e. The van der Waals surface area contributed by atoms with E-state index in [4.69, 9.17) is 4.42 Å². The highest BCUT2D eigenvalue weighted by atomic mass is 79.9. The Bertz CT molecular complexity index is 465. The van der Waals surface area contributed by atoms with Gasteiger partial charge >= 0.3 is 5.88 Å². The number of carbonyl (C=O) groups excluding carboxylic acids is 1. The Labute approximate surface area is 112 Å². The van der Waals surface area contributed by atoms with Crippen LogP contribution in [0.25, 0.3) is 0 Å². The monoisotopic (exact) mass is 316 g/mol. The number of nitro groups is 1. The van der Waals surface area contributed by atoms with Gasteiger partial charge in [0.25, 0.3) is 5.91 Å². The number of alkyl halides is 1. The summed E-state index contributed by atoms with van der Waals surface area (Å²) in [6.07, 6.45) is 3.97. The number of nitrogens with zero attached hydrogens (tertiary/aromatic N) is 1. The van der Waals surface area contributed by atoms with Crippen LogP contribution in [-0.2, 0) is 0 Å². The summed E-state index contributed by atoms with van der Waals surface area (Å²) in [7, 11) is 0. The van der Waals surface area contributed by atoms with Crippen molar-refractivity contribution in [2.75, 3.05) is 5.33 Å². The van der Waals surface area contributed by atoms with E-state index in [0.29, 0.717) is 5.33 Å². The van der Waals surface area contributed by atoms with Crippen LogP contribution in [0.2, 0.25) is 0 Å². The first kappa shape index (κ1) is 13.1. The third kappa shape index (κ3) is 2.55. The molecule has 0 saturated heterocycles. The molecule has 1 aromatic rings. The first-order chi connectivity index (χ1) is 8.56. The molecule has 0 aromatic carbocycles. The number of amides is 1. The van der Waals surface area contributed by atoms with Crippen molar-refractivity contribution in [2.45, 2.75) is 31.2 Å². The van der Waals surface area contributed by atoms with Crippen molar-refractivity contribution in [3.05, 3.63) is 28.0 Å². The number of rotatable bonds is 4. The normalized spacial score (nSPS) is 17.6. The zero-order chi connectivity index (χ0) is 13.2. The molecule has 2 rings (SSSR count). The standard InChI is InChI=1S/C11H13BrN2O4/c12-7-11(5-1-2-6-11)13-10(15)8-3-4-9(18-8)14(16)17/h3-4H,1-2,5-7H2,(H,13,15). The van der Waals surface area contributed by atoms with Gasteiger partial charge in [0, 0.05) is 5.33 Å². The Morgan fingerprint density at radius 1 is 1.50 bits per heavy atom. The van der Waals surface area contributed by atoms with E-state index in [1.807, 2.05) is 0 Å². The van der Waals surface area contributed by atoms with E-state index in [-0.39, 0.29) is 11.3 Å². The number of carbonyl (C=O) groups is 1. The first-order valence-corrected chi connectivity index (χ1v) is 6.81. The highest BCUT2D eigenvalue weighted by Crippen LogP contribution is 2.31. The summed E-state index contributed by atoms with van der Waals surface area (Å²) < 4.78 is 4.88. The molecule has 1 aromatic heterocycles. The Balaban J connectivity index is 2.09. The van der Waals surface area contributed by atoms with Crippen LogP contribution >= 0.6 is 15.9 Å². The number of hydrogen-bond acceptors (Lipinski definition) is 4. The summed E-state index contributed by atoms with van der Waals surface area (Å²) in [5.74, 6) is -0.835. The smallest absolute Gasteiger partial charge is 0.395 e. The highest BCUT2D eigenvalue weighted by molar-refractivity contribution is 9.09. The second kappa shape index (κ2) is 5.09. The molecule has 1 aliphatic carbocycles. The Morgan fingerprint density at radius 3 is 2.67 bits per heavy atom. The van der Waals surface area contributed by atoms with E-state index in [9.17, 15) is 14.9 Å². The predicted octanol–water partition coefficient (Wildman–Crippen LogP) is 2.63. The number of halogens is 1. The summed E-state index contributed by atoms with van der Waals surface area (Å²) >= 11 is 3.41. The van der Waals surface area contributed by atoms with Crippen LogP contribution in [-0.4, -0.2) is 21.7 Å². The third-order valence-electron chi connectivity index (χ3n) is 3.19. The van der Waals surface area contributed by atoms with Crippen LogP contribution in [0, 0.1) is 10.1 Å². The minimum Gasteiger partial charge on any atom is -0.395 e. The molecule has 0 spiro atoms. The molecule has 18 heavy (non-hydrogen) atoms. The van der Waals surface area contributed by atoms with Gasteiger partial charge in [0.1, 0.15) is 4.92 Å². The summed E-state index contributed by atoms with van der Waals surface area (Å²) in [4.78, 5) is 21.8. The fourth-order valence-corrected chi connectivity index (χ4v) is 2.90. The summed E-state index contributed by atoms with van der Waals surface area (Å²) in [6, 6.07) is 2.51.